The number of ether oxygens (including phenoxy) is 1. The molecule has 1 unspecified atom stereocenters. The quantitative estimate of drug-likeness (QED) is 0.784. The Morgan fingerprint density at radius 1 is 1.60 bits per heavy atom. The van der Waals surface area contributed by atoms with E-state index >= 15 is 0 Å². The molecule has 0 heterocycles. The zero-order valence-electron chi connectivity index (χ0n) is 8.86. The first-order chi connectivity index (χ1) is 7.04. The number of rotatable bonds is 4. The monoisotopic (exact) mass is 209 g/mol. The van der Waals surface area contributed by atoms with Crippen molar-refractivity contribution in [3.05, 3.63) is 29.3 Å². The Hall–Kier alpha value is -1.55. The van der Waals surface area contributed by atoms with Crippen LogP contribution in [0.1, 0.15) is 18.1 Å². The van der Waals surface area contributed by atoms with Gasteiger partial charge >= 0.3 is 5.97 Å². The summed E-state index contributed by atoms with van der Waals surface area (Å²) in [5.74, 6) is -0.448. The summed E-state index contributed by atoms with van der Waals surface area (Å²) in [7, 11) is 0. The third kappa shape index (κ3) is 2.95. The fourth-order valence-corrected chi connectivity index (χ4v) is 1.22. The van der Waals surface area contributed by atoms with E-state index in [1.54, 1.807) is 6.07 Å². The molecule has 0 spiro atoms. The van der Waals surface area contributed by atoms with Crippen molar-refractivity contribution in [1.82, 2.24) is 0 Å². The minimum atomic E-state index is -0.987. The lowest BCUT2D eigenvalue weighted by Gasteiger charge is -2.14. The van der Waals surface area contributed by atoms with Crippen molar-refractivity contribution in [2.45, 2.75) is 26.5 Å². The van der Waals surface area contributed by atoms with Crippen LogP contribution in [0.25, 0.3) is 0 Å². The first kappa shape index (κ1) is 11.5. The Morgan fingerprint density at radius 2 is 2.27 bits per heavy atom. The molecule has 1 aromatic rings. The largest absolute Gasteiger partial charge is 0.479 e. The number of benzene rings is 1. The van der Waals surface area contributed by atoms with Crippen LogP contribution in [-0.4, -0.2) is 17.2 Å². The van der Waals surface area contributed by atoms with Gasteiger partial charge in [-0.05, 0) is 19.9 Å². The van der Waals surface area contributed by atoms with Crippen LogP contribution in [-0.2, 0) is 11.3 Å². The topological polar surface area (TPSA) is 72.5 Å². The number of aryl methyl sites for hydroxylation is 1. The lowest BCUT2D eigenvalue weighted by Crippen LogP contribution is -2.23. The molecule has 1 atom stereocenters. The molecule has 0 fully saturated rings. The second-order valence-corrected chi connectivity index (χ2v) is 3.41. The van der Waals surface area contributed by atoms with Crippen LogP contribution in [0, 0.1) is 6.92 Å². The normalized spacial score (nSPS) is 12.2. The fraction of sp³-hybridized carbons (Fsp3) is 0.364. The maximum Gasteiger partial charge on any atom is 0.344 e. The zero-order valence-corrected chi connectivity index (χ0v) is 8.86. The van der Waals surface area contributed by atoms with Crippen LogP contribution in [0.5, 0.6) is 5.75 Å². The van der Waals surface area contributed by atoms with E-state index in [0.29, 0.717) is 12.3 Å². The van der Waals surface area contributed by atoms with E-state index in [9.17, 15) is 4.79 Å². The Morgan fingerprint density at radius 3 is 2.80 bits per heavy atom. The van der Waals surface area contributed by atoms with Gasteiger partial charge in [0.1, 0.15) is 5.75 Å². The summed E-state index contributed by atoms with van der Waals surface area (Å²) < 4.78 is 5.27. The molecule has 0 bridgehead atoms. The van der Waals surface area contributed by atoms with Gasteiger partial charge in [-0.15, -0.1) is 0 Å². The van der Waals surface area contributed by atoms with Gasteiger partial charge in [0.15, 0.2) is 6.10 Å². The zero-order chi connectivity index (χ0) is 11.4. The van der Waals surface area contributed by atoms with Gasteiger partial charge in [-0.2, -0.15) is 0 Å². The average Bonchev–Trinajstić information content (AvgIpc) is 2.20. The number of hydrogen-bond donors (Lipinski definition) is 2. The van der Waals surface area contributed by atoms with Gasteiger partial charge in [-0.25, -0.2) is 4.79 Å². The van der Waals surface area contributed by atoms with Crippen molar-refractivity contribution in [2.24, 2.45) is 5.73 Å². The summed E-state index contributed by atoms with van der Waals surface area (Å²) in [6.45, 7) is 3.77. The van der Waals surface area contributed by atoms with Gasteiger partial charge in [0.25, 0.3) is 0 Å². The van der Waals surface area contributed by atoms with Crippen LogP contribution in [0.15, 0.2) is 18.2 Å². The van der Waals surface area contributed by atoms with Gasteiger partial charge < -0.3 is 15.6 Å². The number of hydrogen-bond acceptors (Lipinski definition) is 3. The van der Waals surface area contributed by atoms with Gasteiger partial charge in [0, 0.05) is 12.1 Å². The lowest BCUT2D eigenvalue weighted by molar-refractivity contribution is -0.144. The molecule has 0 saturated heterocycles. The summed E-state index contributed by atoms with van der Waals surface area (Å²) >= 11 is 0. The Balaban J connectivity index is 2.89. The smallest absolute Gasteiger partial charge is 0.344 e. The van der Waals surface area contributed by atoms with E-state index in [0.717, 1.165) is 11.1 Å². The molecular weight excluding hydrogens is 194 g/mol. The number of aliphatic carboxylic acids is 1. The molecular formula is C11H15NO3. The minimum Gasteiger partial charge on any atom is -0.479 e. The van der Waals surface area contributed by atoms with Gasteiger partial charge in [0.05, 0.1) is 0 Å². The molecule has 0 amide bonds. The summed E-state index contributed by atoms with van der Waals surface area (Å²) in [4.78, 5) is 10.6. The van der Waals surface area contributed by atoms with E-state index in [2.05, 4.69) is 0 Å². The molecule has 0 saturated carbocycles. The molecule has 0 radical (unpaired) electrons. The maximum atomic E-state index is 10.6. The van der Waals surface area contributed by atoms with Crippen LogP contribution < -0.4 is 10.5 Å². The highest BCUT2D eigenvalue weighted by Crippen LogP contribution is 2.20. The SMILES string of the molecule is Cc1ccc(OC(C)C(=O)O)c(CN)c1. The highest BCUT2D eigenvalue weighted by atomic mass is 16.5. The lowest BCUT2D eigenvalue weighted by atomic mass is 10.1. The standard InChI is InChI=1S/C11H15NO3/c1-7-3-4-10(9(5-7)6-12)15-8(2)11(13)14/h3-5,8H,6,12H2,1-2H3,(H,13,14). The van der Waals surface area contributed by atoms with E-state index in [-0.39, 0.29) is 0 Å². The molecule has 82 valence electrons. The van der Waals surface area contributed by atoms with Crippen molar-refractivity contribution in [3.63, 3.8) is 0 Å². The number of carboxylic acids is 1. The van der Waals surface area contributed by atoms with E-state index in [1.807, 2.05) is 19.1 Å². The summed E-state index contributed by atoms with van der Waals surface area (Å²) in [5.41, 5.74) is 7.44. The molecule has 0 aliphatic heterocycles. The average molecular weight is 209 g/mol. The maximum absolute atomic E-state index is 10.6. The predicted octanol–water partition coefficient (Wildman–Crippen LogP) is 1.31. The first-order valence-corrected chi connectivity index (χ1v) is 4.73. The van der Waals surface area contributed by atoms with Crippen molar-refractivity contribution < 1.29 is 14.6 Å². The Labute approximate surface area is 88.7 Å². The van der Waals surface area contributed by atoms with Crippen LogP contribution >= 0.6 is 0 Å². The second-order valence-electron chi connectivity index (χ2n) is 3.41. The molecule has 0 aliphatic rings. The molecule has 0 aliphatic carbocycles. The molecule has 1 aromatic carbocycles. The highest BCUT2D eigenvalue weighted by Gasteiger charge is 2.14. The van der Waals surface area contributed by atoms with Crippen molar-refractivity contribution >= 4 is 5.97 Å². The van der Waals surface area contributed by atoms with Gasteiger partial charge in [-0.3, -0.25) is 0 Å². The second kappa shape index (κ2) is 4.79. The predicted molar refractivity (Wildman–Crippen MR) is 56.8 cm³/mol. The number of nitrogens with two attached hydrogens (primary N) is 1. The highest BCUT2D eigenvalue weighted by molar-refractivity contribution is 5.72. The molecule has 0 aromatic heterocycles. The minimum absolute atomic E-state index is 0.337. The van der Waals surface area contributed by atoms with Gasteiger partial charge in [0.2, 0.25) is 0 Å². The van der Waals surface area contributed by atoms with E-state index in [1.165, 1.54) is 6.92 Å². The van der Waals surface area contributed by atoms with E-state index < -0.39 is 12.1 Å². The number of carboxylic acid groups (broad SMARTS) is 1. The molecule has 4 nitrogen and oxygen atoms in total. The third-order valence-electron chi connectivity index (χ3n) is 2.09. The molecule has 15 heavy (non-hydrogen) atoms. The van der Waals surface area contributed by atoms with Crippen molar-refractivity contribution in [3.8, 4) is 5.75 Å². The third-order valence-corrected chi connectivity index (χ3v) is 2.09. The van der Waals surface area contributed by atoms with Crippen LogP contribution in [0.3, 0.4) is 0 Å². The molecule has 3 N–H and O–H groups in total. The Bertz CT molecular complexity index is 363. The Kier molecular flexibility index (Phi) is 3.68. The van der Waals surface area contributed by atoms with Crippen molar-refractivity contribution in [2.75, 3.05) is 0 Å². The number of carbonyl (C=O) groups is 1. The summed E-state index contributed by atoms with van der Waals surface area (Å²) in [6, 6.07) is 5.50. The van der Waals surface area contributed by atoms with E-state index in [4.69, 9.17) is 15.6 Å². The van der Waals surface area contributed by atoms with Crippen LogP contribution in [0.2, 0.25) is 0 Å². The van der Waals surface area contributed by atoms with Crippen molar-refractivity contribution in [1.29, 1.82) is 0 Å². The summed E-state index contributed by atoms with van der Waals surface area (Å²) in [6.07, 6.45) is -0.863. The fourth-order valence-electron chi connectivity index (χ4n) is 1.22. The van der Waals surface area contributed by atoms with Gasteiger partial charge in [-0.1, -0.05) is 17.7 Å². The molecule has 4 heteroatoms. The summed E-state index contributed by atoms with van der Waals surface area (Å²) in [5, 5.41) is 8.71. The first-order valence-electron chi connectivity index (χ1n) is 4.73. The molecule has 1 rings (SSSR count). The van der Waals surface area contributed by atoms with Crippen LogP contribution in [0.4, 0.5) is 0 Å².